The molecule has 2 nitrogen and oxygen atoms in total. The molecule has 0 fully saturated rings. The highest BCUT2D eigenvalue weighted by molar-refractivity contribution is 9.10. The summed E-state index contributed by atoms with van der Waals surface area (Å²) in [6.45, 7) is 3.66. The van der Waals surface area contributed by atoms with Crippen LogP contribution in [0, 0.1) is 0 Å². The quantitative estimate of drug-likeness (QED) is 0.778. The van der Waals surface area contributed by atoms with Gasteiger partial charge in [0.05, 0.1) is 6.61 Å². The molecular weight excluding hydrogens is 266 g/mol. The summed E-state index contributed by atoms with van der Waals surface area (Å²) in [6, 6.07) is 6.10. The molecule has 3 heteroatoms. The average molecular weight is 286 g/mol. The van der Waals surface area contributed by atoms with Crippen molar-refractivity contribution in [3.63, 3.8) is 0 Å². The van der Waals surface area contributed by atoms with Gasteiger partial charge in [0.25, 0.3) is 0 Å². The highest BCUT2D eigenvalue weighted by Gasteiger charge is 2.01. The molecular formula is C13H20BrNO. The fourth-order valence-electron chi connectivity index (χ4n) is 1.53. The van der Waals surface area contributed by atoms with E-state index in [4.69, 9.17) is 10.5 Å². The minimum Gasteiger partial charge on any atom is -0.494 e. The van der Waals surface area contributed by atoms with E-state index in [0.717, 1.165) is 29.7 Å². The van der Waals surface area contributed by atoms with Crippen LogP contribution in [-0.2, 0) is 6.42 Å². The van der Waals surface area contributed by atoms with Crippen LogP contribution in [0.2, 0.25) is 0 Å². The highest BCUT2D eigenvalue weighted by atomic mass is 79.9. The lowest BCUT2D eigenvalue weighted by molar-refractivity contribution is 0.306. The fourth-order valence-corrected chi connectivity index (χ4v) is 1.97. The standard InChI is InChI=1S/C13H20BrNO/c1-2-3-4-9-16-12-5-6-13(14)11(10-12)7-8-15/h5-6,10H,2-4,7-9,15H2,1H3. The van der Waals surface area contributed by atoms with Gasteiger partial charge in [-0.05, 0) is 43.1 Å². The molecule has 0 heterocycles. The molecule has 16 heavy (non-hydrogen) atoms. The smallest absolute Gasteiger partial charge is 0.119 e. The van der Waals surface area contributed by atoms with Crippen LogP contribution in [0.15, 0.2) is 22.7 Å². The van der Waals surface area contributed by atoms with Crippen LogP contribution in [0.4, 0.5) is 0 Å². The Balaban J connectivity index is 2.50. The molecule has 1 aromatic rings. The summed E-state index contributed by atoms with van der Waals surface area (Å²) >= 11 is 3.51. The van der Waals surface area contributed by atoms with Crippen LogP contribution in [0.25, 0.3) is 0 Å². The first kappa shape index (κ1) is 13.5. The van der Waals surface area contributed by atoms with Crippen molar-refractivity contribution in [2.24, 2.45) is 5.73 Å². The lowest BCUT2D eigenvalue weighted by atomic mass is 10.1. The molecule has 0 aliphatic rings. The van der Waals surface area contributed by atoms with Crippen LogP contribution >= 0.6 is 15.9 Å². The van der Waals surface area contributed by atoms with E-state index in [1.54, 1.807) is 0 Å². The van der Waals surface area contributed by atoms with Crippen molar-refractivity contribution in [1.82, 2.24) is 0 Å². The number of ether oxygens (including phenoxy) is 1. The van der Waals surface area contributed by atoms with Gasteiger partial charge in [0.2, 0.25) is 0 Å². The third-order valence-electron chi connectivity index (χ3n) is 2.45. The van der Waals surface area contributed by atoms with Crippen LogP contribution in [0.5, 0.6) is 5.75 Å². The second kappa shape index (κ2) is 7.69. The molecule has 0 spiro atoms. The van der Waals surface area contributed by atoms with Crippen LogP contribution in [0.1, 0.15) is 31.7 Å². The zero-order valence-corrected chi connectivity index (χ0v) is 11.4. The Labute approximate surface area is 106 Å². The molecule has 0 aromatic heterocycles. The number of hydrogen-bond acceptors (Lipinski definition) is 2. The Morgan fingerprint density at radius 2 is 2.12 bits per heavy atom. The second-order valence-corrected chi connectivity index (χ2v) is 4.70. The van der Waals surface area contributed by atoms with Crippen LogP contribution in [-0.4, -0.2) is 13.2 Å². The van der Waals surface area contributed by atoms with Gasteiger partial charge in [0, 0.05) is 4.47 Å². The van der Waals surface area contributed by atoms with Gasteiger partial charge in [-0.2, -0.15) is 0 Å². The predicted molar refractivity (Wildman–Crippen MR) is 71.9 cm³/mol. The molecule has 1 rings (SSSR count). The Hall–Kier alpha value is -0.540. The van der Waals surface area contributed by atoms with Gasteiger partial charge >= 0.3 is 0 Å². The third-order valence-corrected chi connectivity index (χ3v) is 3.22. The predicted octanol–water partition coefficient (Wildman–Crippen LogP) is 3.52. The summed E-state index contributed by atoms with van der Waals surface area (Å²) < 4.78 is 6.80. The lowest BCUT2D eigenvalue weighted by Crippen LogP contribution is -2.04. The molecule has 0 unspecified atom stereocenters. The Morgan fingerprint density at radius 1 is 1.31 bits per heavy atom. The monoisotopic (exact) mass is 285 g/mol. The topological polar surface area (TPSA) is 35.2 Å². The molecule has 0 saturated heterocycles. The van der Waals surface area contributed by atoms with Crippen LogP contribution in [0.3, 0.4) is 0 Å². The van der Waals surface area contributed by atoms with Crippen molar-refractivity contribution in [2.45, 2.75) is 32.6 Å². The number of rotatable bonds is 7. The highest BCUT2D eigenvalue weighted by Crippen LogP contribution is 2.23. The van der Waals surface area contributed by atoms with Gasteiger partial charge in [0.1, 0.15) is 5.75 Å². The van der Waals surface area contributed by atoms with Crippen molar-refractivity contribution in [3.8, 4) is 5.75 Å². The van der Waals surface area contributed by atoms with Gasteiger partial charge in [-0.25, -0.2) is 0 Å². The minimum absolute atomic E-state index is 0.665. The largest absolute Gasteiger partial charge is 0.494 e. The first-order chi connectivity index (χ1) is 7.77. The molecule has 0 aliphatic carbocycles. The Morgan fingerprint density at radius 3 is 2.81 bits per heavy atom. The van der Waals surface area contributed by atoms with Crippen molar-refractivity contribution in [1.29, 1.82) is 0 Å². The number of halogens is 1. The number of nitrogens with two attached hydrogens (primary N) is 1. The normalized spacial score (nSPS) is 10.4. The van der Waals surface area contributed by atoms with Gasteiger partial charge in [-0.1, -0.05) is 35.7 Å². The van der Waals surface area contributed by atoms with E-state index >= 15 is 0 Å². The molecule has 0 atom stereocenters. The Kier molecular flexibility index (Phi) is 6.50. The summed E-state index contributed by atoms with van der Waals surface area (Å²) in [7, 11) is 0. The van der Waals surface area contributed by atoms with Gasteiger partial charge in [-0.3, -0.25) is 0 Å². The third kappa shape index (κ3) is 4.54. The maximum absolute atomic E-state index is 5.69. The summed E-state index contributed by atoms with van der Waals surface area (Å²) in [5, 5.41) is 0. The molecule has 0 saturated carbocycles. The van der Waals surface area contributed by atoms with Gasteiger partial charge < -0.3 is 10.5 Å². The molecule has 1 aromatic carbocycles. The molecule has 2 N–H and O–H groups in total. The first-order valence-electron chi connectivity index (χ1n) is 5.89. The zero-order valence-electron chi connectivity index (χ0n) is 9.84. The second-order valence-electron chi connectivity index (χ2n) is 3.85. The van der Waals surface area contributed by atoms with E-state index in [9.17, 15) is 0 Å². The Bertz CT molecular complexity index is 315. The average Bonchev–Trinajstić information content (AvgIpc) is 2.29. The van der Waals surface area contributed by atoms with E-state index < -0.39 is 0 Å². The van der Waals surface area contributed by atoms with E-state index in [1.165, 1.54) is 18.4 Å². The molecule has 0 aliphatic heterocycles. The van der Waals surface area contributed by atoms with Gasteiger partial charge in [-0.15, -0.1) is 0 Å². The maximum atomic E-state index is 5.69. The molecule has 0 bridgehead atoms. The first-order valence-corrected chi connectivity index (χ1v) is 6.68. The maximum Gasteiger partial charge on any atom is 0.119 e. The number of hydrogen-bond donors (Lipinski definition) is 1. The summed E-state index contributed by atoms with van der Waals surface area (Å²) in [5.74, 6) is 0.947. The van der Waals surface area contributed by atoms with E-state index in [-0.39, 0.29) is 0 Å². The van der Waals surface area contributed by atoms with E-state index in [2.05, 4.69) is 28.9 Å². The van der Waals surface area contributed by atoms with Crippen molar-refractivity contribution >= 4 is 15.9 Å². The SMILES string of the molecule is CCCCCOc1ccc(Br)c(CCN)c1. The summed E-state index contributed by atoms with van der Waals surface area (Å²) in [5.41, 5.74) is 6.78. The number of unbranched alkanes of at least 4 members (excludes halogenated alkanes) is 2. The van der Waals surface area contributed by atoms with Crippen molar-refractivity contribution in [3.05, 3.63) is 28.2 Å². The zero-order chi connectivity index (χ0) is 11.8. The molecule has 0 radical (unpaired) electrons. The number of benzene rings is 1. The summed E-state index contributed by atoms with van der Waals surface area (Å²) in [4.78, 5) is 0. The van der Waals surface area contributed by atoms with Crippen molar-refractivity contribution < 1.29 is 4.74 Å². The molecule has 0 amide bonds. The van der Waals surface area contributed by atoms with Gasteiger partial charge in [0.15, 0.2) is 0 Å². The lowest BCUT2D eigenvalue weighted by Gasteiger charge is -2.09. The van der Waals surface area contributed by atoms with E-state index in [1.807, 2.05) is 12.1 Å². The van der Waals surface area contributed by atoms with Crippen LogP contribution < -0.4 is 10.5 Å². The molecule has 90 valence electrons. The summed E-state index contributed by atoms with van der Waals surface area (Å²) in [6.07, 6.45) is 4.46. The fraction of sp³-hybridized carbons (Fsp3) is 0.538. The minimum atomic E-state index is 0.665. The van der Waals surface area contributed by atoms with Crippen molar-refractivity contribution in [2.75, 3.05) is 13.2 Å². The van der Waals surface area contributed by atoms with E-state index in [0.29, 0.717) is 6.54 Å².